The number of methoxy groups -OCH3 is 1. The number of Topliss-reactive ketones (excluding diaryl/α,β-unsaturated/α-hetero) is 1. The van der Waals surface area contributed by atoms with Crippen LogP contribution in [-0.2, 0) is 23.9 Å². The molecule has 0 radical (unpaired) electrons. The summed E-state index contributed by atoms with van der Waals surface area (Å²) in [5.74, 6) is -0.454. The van der Waals surface area contributed by atoms with Gasteiger partial charge in [-0.05, 0) is 47.5 Å². The van der Waals surface area contributed by atoms with Crippen molar-refractivity contribution in [3.63, 3.8) is 0 Å². The summed E-state index contributed by atoms with van der Waals surface area (Å²) in [7, 11) is 1.34. The van der Waals surface area contributed by atoms with E-state index in [1.807, 2.05) is 0 Å². The van der Waals surface area contributed by atoms with Gasteiger partial charge in [0.1, 0.15) is 11.9 Å². The molecule has 0 saturated heterocycles. The fraction of sp³-hybridized carbons (Fsp3) is 0.762. The predicted molar refractivity (Wildman–Crippen MR) is 96.2 cm³/mol. The molecule has 144 valence electrons. The summed E-state index contributed by atoms with van der Waals surface area (Å²) in [5, 5.41) is 0. The monoisotopic (exact) mass is 362 g/mol. The molecular formula is C21H30O5. The van der Waals surface area contributed by atoms with Gasteiger partial charge < -0.3 is 9.47 Å². The molecule has 0 spiro atoms. The Kier molecular flexibility index (Phi) is 4.78. The van der Waals surface area contributed by atoms with Crippen molar-refractivity contribution in [2.75, 3.05) is 7.11 Å². The molecule has 4 atom stereocenters. The molecule has 0 amide bonds. The Morgan fingerprint density at radius 3 is 2.46 bits per heavy atom. The summed E-state index contributed by atoms with van der Waals surface area (Å²) in [5.41, 5.74) is 1.32. The Labute approximate surface area is 155 Å². The van der Waals surface area contributed by atoms with Crippen LogP contribution < -0.4 is 0 Å². The first kappa shape index (κ1) is 19.1. The van der Waals surface area contributed by atoms with E-state index in [9.17, 15) is 14.4 Å². The third-order valence-electron chi connectivity index (χ3n) is 7.14. The highest BCUT2D eigenvalue weighted by molar-refractivity contribution is 5.98. The zero-order valence-corrected chi connectivity index (χ0v) is 16.5. The van der Waals surface area contributed by atoms with E-state index >= 15 is 0 Å². The van der Waals surface area contributed by atoms with E-state index < -0.39 is 12.1 Å². The smallest absolute Gasteiger partial charge is 0.334 e. The van der Waals surface area contributed by atoms with E-state index in [0.29, 0.717) is 24.3 Å². The van der Waals surface area contributed by atoms with E-state index in [4.69, 9.17) is 9.47 Å². The van der Waals surface area contributed by atoms with Gasteiger partial charge in [0.15, 0.2) is 0 Å². The van der Waals surface area contributed by atoms with Crippen LogP contribution >= 0.6 is 0 Å². The highest BCUT2D eigenvalue weighted by atomic mass is 16.5. The lowest BCUT2D eigenvalue weighted by Crippen LogP contribution is -2.55. The molecule has 0 bridgehead atoms. The molecular weight excluding hydrogens is 332 g/mol. The number of carbonyl (C=O) groups excluding carboxylic acids is 3. The van der Waals surface area contributed by atoms with Crippen molar-refractivity contribution in [1.82, 2.24) is 0 Å². The average molecular weight is 362 g/mol. The summed E-state index contributed by atoms with van der Waals surface area (Å²) in [4.78, 5) is 36.7. The van der Waals surface area contributed by atoms with Gasteiger partial charge in [0.05, 0.1) is 7.11 Å². The van der Waals surface area contributed by atoms with Gasteiger partial charge in [-0.2, -0.15) is 0 Å². The molecule has 0 aromatic carbocycles. The highest BCUT2D eigenvalue weighted by Gasteiger charge is 2.58. The number of ketones is 1. The molecule has 0 aromatic heterocycles. The van der Waals surface area contributed by atoms with Gasteiger partial charge in [-0.25, -0.2) is 4.79 Å². The fourth-order valence-electron chi connectivity index (χ4n) is 6.06. The standard InChI is InChI=1S/C21H30O5/c1-12(22)26-16-11-17-20(2,3)7-6-8-21(17,4)15-10-13(23)9-14(18(15)16)19(24)25-5/h15-17H,6-11H2,1-5H3. The minimum Gasteiger partial charge on any atom is -0.466 e. The molecule has 5 heteroatoms. The summed E-state index contributed by atoms with van der Waals surface area (Å²) in [6, 6.07) is 0. The third-order valence-corrected chi connectivity index (χ3v) is 7.14. The number of hydrogen-bond acceptors (Lipinski definition) is 5. The average Bonchev–Trinajstić information content (AvgIpc) is 2.54. The molecule has 2 fully saturated rings. The topological polar surface area (TPSA) is 69.7 Å². The minimum atomic E-state index is -0.465. The SMILES string of the molecule is COC(=O)C1=C2C(OC(C)=O)CC3C(C)(C)CCCC3(C)C2CC(=O)C1. The van der Waals surface area contributed by atoms with Crippen molar-refractivity contribution in [1.29, 1.82) is 0 Å². The zero-order valence-electron chi connectivity index (χ0n) is 16.5. The molecule has 3 rings (SSSR count). The van der Waals surface area contributed by atoms with Crippen molar-refractivity contribution >= 4 is 17.7 Å². The van der Waals surface area contributed by atoms with Crippen LogP contribution in [0.4, 0.5) is 0 Å². The van der Waals surface area contributed by atoms with Crippen molar-refractivity contribution in [3.05, 3.63) is 11.1 Å². The van der Waals surface area contributed by atoms with Gasteiger partial charge in [0, 0.05) is 25.3 Å². The lowest BCUT2D eigenvalue weighted by Gasteiger charge is -2.60. The molecule has 0 aromatic rings. The van der Waals surface area contributed by atoms with Crippen molar-refractivity contribution in [2.45, 2.75) is 72.3 Å². The summed E-state index contributed by atoms with van der Waals surface area (Å²) >= 11 is 0. The molecule has 3 aliphatic carbocycles. The summed E-state index contributed by atoms with van der Waals surface area (Å²) < 4.78 is 10.7. The number of esters is 2. The second-order valence-electron chi connectivity index (χ2n) is 9.13. The van der Waals surface area contributed by atoms with Crippen LogP contribution in [0.5, 0.6) is 0 Å². The normalized spacial score (nSPS) is 36.0. The lowest BCUT2D eigenvalue weighted by atomic mass is 9.45. The molecule has 3 aliphatic rings. The molecule has 4 unspecified atom stereocenters. The van der Waals surface area contributed by atoms with Crippen molar-refractivity contribution < 1.29 is 23.9 Å². The van der Waals surface area contributed by atoms with Gasteiger partial charge >= 0.3 is 11.9 Å². The van der Waals surface area contributed by atoms with Crippen LogP contribution in [-0.4, -0.2) is 30.9 Å². The number of rotatable bonds is 2. The molecule has 0 N–H and O–H groups in total. The molecule has 0 aliphatic heterocycles. The maximum absolute atomic E-state index is 12.5. The van der Waals surface area contributed by atoms with Gasteiger partial charge in [-0.15, -0.1) is 0 Å². The Morgan fingerprint density at radius 1 is 1.15 bits per heavy atom. The number of ether oxygens (including phenoxy) is 2. The van der Waals surface area contributed by atoms with Gasteiger partial charge in [-0.3, -0.25) is 9.59 Å². The zero-order chi connectivity index (χ0) is 19.3. The Morgan fingerprint density at radius 2 is 1.85 bits per heavy atom. The van der Waals surface area contributed by atoms with E-state index in [0.717, 1.165) is 24.8 Å². The first-order valence-electron chi connectivity index (χ1n) is 9.60. The van der Waals surface area contributed by atoms with E-state index in [-0.39, 0.29) is 34.9 Å². The maximum Gasteiger partial charge on any atom is 0.334 e. The summed E-state index contributed by atoms with van der Waals surface area (Å²) in [6.07, 6.45) is 4.06. The Bertz CT molecular complexity index is 674. The van der Waals surface area contributed by atoms with Crippen LogP contribution in [0.15, 0.2) is 11.1 Å². The predicted octanol–water partition coefficient (Wildman–Crippen LogP) is 3.60. The largest absolute Gasteiger partial charge is 0.466 e. The Hall–Kier alpha value is -1.65. The molecule has 0 heterocycles. The maximum atomic E-state index is 12.5. The number of hydrogen-bond donors (Lipinski definition) is 0. The molecule has 2 saturated carbocycles. The fourth-order valence-corrected chi connectivity index (χ4v) is 6.06. The van der Waals surface area contributed by atoms with E-state index in [2.05, 4.69) is 20.8 Å². The van der Waals surface area contributed by atoms with E-state index in [1.165, 1.54) is 14.0 Å². The van der Waals surface area contributed by atoms with Crippen LogP contribution in [0.25, 0.3) is 0 Å². The van der Waals surface area contributed by atoms with Crippen LogP contribution in [0.2, 0.25) is 0 Å². The minimum absolute atomic E-state index is 0.0551. The van der Waals surface area contributed by atoms with Crippen LogP contribution in [0.1, 0.15) is 66.2 Å². The molecule has 26 heavy (non-hydrogen) atoms. The van der Waals surface area contributed by atoms with Crippen molar-refractivity contribution in [2.24, 2.45) is 22.7 Å². The first-order valence-corrected chi connectivity index (χ1v) is 9.60. The van der Waals surface area contributed by atoms with Gasteiger partial charge in [0.25, 0.3) is 0 Å². The quantitative estimate of drug-likeness (QED) is 0.702. The van der Waals surface area contributed by atoms with Gasteiger partial charge in [0.2, 0.25) is 0 Å². The Balaban J connectivity index is 2.16. The van der Waals surface area contributed by atoms with Crippen molar-refractivity contribution in [3.8, 4) is 0 Å². The second-order valence-corrected chi connectivity index (χ2v) is 9.13. The second kappa shape index (κ2) is 6.50. The lowest BCUT2D eigenvalue weighted by molar-refractivity contribution is -0.155. The number of carbonyl (C=O) groups is 3. The first-order chi connectivity index (χ1) is 12.1. The highest BCUT2D eigenvalue weighted by Crippen LogP contribution is 2.63. The summed E-state index contributed by atoms with van der Waals surface area (Å²) in [6.45, 7) is 8.23. The van der Waals surface area contributed by atoms with E-state index in [1.54, 1.807) is 0 Å². The molecule has 5 nitrogen and oxygen atoms in total. The number of fused-ring (bicyclic) bond motifs is 3. The van der Waals surface area contributed by atoms with Crippen LogP contribution in [0, 0.1) is 22.7 Å². The van der Waals surface area contributed by atoms with Gasteiger partial charge in [-0.1, -0.05) is 27.2 Å². The van der Waals surface area contributed by atoms with Crippen LogP contribution in [0.3, 0.4) is 0 Å². The third kappa shape index (κ3) is 2.99.